The second-order valence-electron chi connectivity index (χ2n) is 1.26. The van der Waals surface area contributed by atoms with Crippen LogP contribution in [0.25, 0.3) is 0 Å². The van der Waals surface area contributed by atoms with E-state index in [0.29, 0.717) is 8.58 Å². The van der Waals surface area contributed by atoms with Gasteiger partial charge in [-0.05, 0) is 6.16 Å². The first-order valence-electron chi connectivity index (χ1n) is 2.33. The average molecular weight is 122 g/mol. The second kappa shape index (κ2) is 4.51. The molecule has 7 heavy (non-hydrogen) atoms. The van der Waals surface area contributed by atoms with Crippen LogP contribution in [0.2, 0.25) is 0 Å². The SMILES string of the molecule is CCP[C@H](O)CO. The van der Waals surface area contributed by atoms with Gasteiger partial charge < -0.3 is 10.2 Å². The van der Waals surface area contributed by atoms with E-state index in [-0.39, 0.29) is 6.61 Å². The molecule has 0 heterocycles. The summed E-state index contributed by atoms with van der Waals surface area (Å²) >= 11 is 0. The van der Waals surface area contributed by atoms with Crippen LogP contribution in [-0.4, -0.2) is 28.8 Å². The predicted molar refractivity (Wildman–Crippen MR) is 31.9 cm³/mol. The van der Waals surface area contributed by atoms with Crippen LogP contribution in [0.5, 0.6) is 0 Å². The Morgan fingerprint density at radius 3 is 2.43 bits per heavy atom. The molecule has 0 amide bonds. The number of rotatable bonds is 3. The van der Waals surface area contributed by atoms with Gasteiger partial charge in [-0.15, -0.1) is 0 Å². The van der Waals surface area contributed by atoms with Crippen molar-refractivity contribution >= 4 is 8.58 Å². The van der Waals surface area contributed by atoms with Crippen LogP contribution in [0.15, 0.2) is 0 Å². The Balaban J connectivity index is 2.83. The maximum Gasteiger partial charge on any atom is 0.0931 e. The Morgan fingerprint density at radius 2 is 2.29 bits per heavy atom. The van der Waals surface area contributed by atoms with Crippen LogP contribution in [0.1, 0.15) is 6.92 Å². The van der Waals surface area contributed by atoms with E-state index in [1.165, 1.54) is 0 Å². The van der Waals surface area contributed by atoms with Gasteiger partial charge in [0.25, 0.3) is 0 Å². The molecule has 0 saturated heterocycles. The Hall–Kier alpha value is 0.350. The summed E-state index contributed by atoms with van der Waals surface area (Å²) in [5, 5.41) is 16.8. The summed E-state index contributed by atoms with van der Waals surface area (Å²) in [6, 6.07) is 0. The Bertz CT molecular complexity index is 40.7. The smallest absolute Gasteiger partial charge is 0.0931 e. The van der Waals surface area contributed by atoms with Gasteiger partial charge in [0.15, 0.2) is 0 Å². The lowest BCUT2D eigenvalue weighted by molar-refractivity contribution is 0.158. The van der Waals surface area contributed by atoms with Crippen LogP contribution in [-0.2, 0) is 0 Å². The fourth-order valence-corrected chi connectivity index (χ4v) is 0.901. The molecule has 0 aromatic carbocycles. The van der Waals surface area contributed by atoms with Gasteiger partial charge in [-0.1, -0.05) is 15.5 Å². The molecular formula is C4H11O2P. The maximum absolute atomic E-state index is 8.62. The molecule has 0 aliphatic carbocycles. The minimum atomic E-state index is -0.468. The standard InChI is InChI=1S/C4H11O2P/c1-2-7-4(6)3-5/h4-7H,2-3H2,1H3/t4-/m0/s1. The zero-order valence-electron chi connectivity index (χ0n) is 4.39. The monoisotopic (exact) mass is 122 g/mol. The number of aliphatic hydroxyl groups is 2. The van der Waals surface area contributed by atoms with E-state index < -0.39 is 5.85 Å². The highest BCUT2D eigenvalue weighted by molar-refractivity contribution is 7.38. The van der Waals surface area contributed by atoms with Crippen molar-refractivity contribution in [3.05, 3.63) is 0 Å². The number of aliphatic hydroxyl groups excluding tert-OH is 2. The van der Waals surface area contributed by atoms with E-state index >= 15 is 0 Å². The molecule has 0 rings (SSSR count). The topological polar surface area (TPSA) is 40.5 Å². The molecule has 0 aliphatic rings. The summed E-state index contributed by atoms with van der Waals surface area (Å²) in [5.41, 5.74) is 0. The molecule has 0 aromatic heterocycles. The lowest BCUT2D eigenvalue weighted by Crippen LogP contribution is -2.03. The van der Waals surface area contributed by atoms with Crippen molar-refractivity contribution in [3.8, 4) is 0 Å². The van der Waals surface area contributed by atoms with E-state index in [1.54, 1.807) is 0 Å². The van der Waals surface area contributed by atoms with Gasteiger partial charge in [-0.3, -0.25) is 0 Å². The van der Waals surface area contributed by atoms with Crippen molar-refractivity contribution in [2.24, 2.45) is 0 Å². The third-order valence-electron chi connectivity index (χ3n) is 0.613. The van der Waals surface area contributed by atoms with E-state index in [2.05, 4.69) is 0 Å². The Morgan fingerprint density at radius 1 is 1.71 bits per heavy atom. The van der Waals surface area contributed by atoms with Gasteiger partial charge in [-0.2, -0.15) is 0 Å². The first kappa shape index (κ1) is 7.35. The third kappa shape index (κ3) is 4.20. The first-order chi connectivity index (χ1) is 3.31. The van der Waals surface area contributed by atoms with Crippen molar-refractivity contribution in [1.82, 2.24) is 0 Å². The predicted octanol–water partition coefficient (Wildman–Crippen LogP) is -0.00450. The minimum absolute atomic E-state index is 0.0910. The second-order valence-corrected chi connectivity index (χ2v) is 3.04. The summed E-state index contributed by atoms with van der Waals surface area (Å²) in [7, 11) is 0.494. The van der Waals surface area contributed by atoms with Crippen molar-refractivity contribution in [2.75, 3.05) is 12.8 Å². The molecule has 44 valence electrons. The lowest BCUT2D eigenvalue weighted by atomic mass is 10.8. The highest BCUT2D eigenvalue weighted by atomic mass is 31.1. The molecule has 3 heteroatoms. The van der Waals surface area contributed by atoms with Crippen LogP contribution in [0, 0.1) is 0 Å². The van der Waals surface area contributed by atoms with Crippen LogP contribution >= 0.6 is 8.58 Å². The minimum Gasteiger partial charge on any atom is -0.393 e. The van der Waals surface area contributed by atoms with Gasteiger partial charge in [0.2, 0.25) is 0 Å². The van der Waals surface area contributed by atoms with E-state index in [9.17, 15) is 0 Å². The molecule has 0 aromatic rings. The molecule has 0 aliphatic heterocycles. The van der Waals surface area contributed by atoms with Crippen LogP contribution in [0.3, 0.4) is 0 Å². The molecule has 0 fully saturated rings. The number of hydrogen-bond acceptors (Lipinski definition) is 2. The number of hydrogen-bond donors (Lipinski definition) is 2. The Labute approximate surface area is 45.3 Å². The van der Waals surface area contributed by atoms with Gasteiger partial charge >= 0.3 is 0 Å². The average Bonchev–Trinajstić information content (AvgIpc) is 1.68. The van der Waals surface area contributed by atoms with E-state index in [4.69, 9.17) is 10.2 Å². The van der Waals surface area contributed by atoms with Gasteiger partial charge in [0.1, 0.15) is 0 Å². The normalized spacial score (nSPS) is 15.9. The summed E-state index contributed by atoms with van der Waals surface area (Å²) in [6.45, 7) is 1.89. The molecule has 2 N–H and O–H groups in total. The molecule has 2 atom stereocenters. The maximum atomic E-state index is 8.62. The fraction of sp³-hybridized carbons (Fsp3) is 1.00. The van der Waals surface area contributed by atoms with Gasteiger partial charge in [0, 0.05) is 0 Å². The van der Waals surface area contributed by atoms with Crippen molar-refractivity contribution in [2.45, 2.75) is 12.8 Å². The Kier molecular flexibility index (Phi) is 4.73. The molecule has 1 unspecified atom stereocenters. The molecule has 0 saturated carbocycles. The summed E-state index contributed by atoms with van der Waals surface area (Å²) in [4.78, 5) is 0. The van der Waals surface area contributed by atoms with Crippen molar-refractivity contribution in [1.29, 1.82) is 0 Å². The first-order valence-corrected chi connectivity index (χ1v) is 3.62. The third-order valence-corrected chi connectivity index (χ3v) is 1.67. The molecular weight excluding hydrogens is 111 g/mol. The molecule has 0 bridgehead atoms. The highest BCUT2D eigenvalue weighted by Crippen LogP contribution is 2.13. The molecule has 0 radical (unpaired) electrons. The molecule has 2 nitrogen and oxygen atoms in total. The van der Waals surface area contributed by atoms with Crippen molar-refractivity contribution < 1.29 is 10.2 Å². The molecule has 0 spiro atoms. The summed E-state index contributed by atoms with van der Waals surface area (Å²) in [5.74, 6) is -0.468. The zero-order valence-corrected chi connectivity index (χ0v) is 5.39. The quantitative estimate of drug-likeness (QED) is 0.517. The van der Waals surface area contributed by atoms with Crippen molar-refractivity contribution in [3.63, 3.8) is 0 Å². The summed E-state index contributed by atoms with van der Waals surface area (Å²) in [6.07, 6.45) is 0.960. The lowest BCUT2D eigenvalue weighted by Gasteiger charge is -2.01. The van der Waals surface area contributed by atoms with Crippen LogP contribution in [0.4, 0.5) is 0 Å². The van der Waals surface area contributed by atoms with Crippen LogP contribution < -0.4 is 0 Å². The van der Waals surface area contributed by atoms with E-state index in [0.717, 1.165) is 6.16 Å². The van der Waals surface area contributed by atoms with E-state index in [1.807, 2.05) is 6.92 Å². The largest absolute Gasteiger partial charge is 0.393 e. The zero-order chi connectivity index (χ0) is 5.70. The van der Waals surface area contributed by atoms with Gasteiger partial charge in [0.05, 0.1) is 12.5 Å². The van der Waals surface area contributed by atoms with Gasteiger partial charge in [-0.25, -0.2) is 0 Å². The fourth-order valence-electron chi connectivity index (χ4n) is 0.300. The summed E-state index contributed by atoms with van der Waals surface area (Å²) < 4.78 is 0. The highest BCUT2D eigenvalue weighted by Gasteiger charge is 1.95.